The Bertz CT molecular complexity index is 362. The molecule has 1 atom stereocenters. The van der Waals surface area contributed by atoms with Crippen molar-refractivity contribution in [3.05, 3.63) is 29.0 Å². The average Bonchev–Trinajstić information content (AvgIpc) is 2.33. The molecule has 17 heavy (non-hydrogen) atoms. The van der Waals surface area contributed by atoms with Crippen LogP contribution in [0, 0.1) is 5.92 Å². The zero-order valence-electron chi connectivity index (χ0n) is 10.1. The lowest BCUT2D eigenvalue weighted by molar-refractivity contribution is 0.0695. The summed E-state index contributed by atoms with van der Waals surface area (Å²) in [6, 6.07) is 1.98. The standard InChI is InChI=1S/C13H19ClN2O/c1-10(17)11-3-6-16(7-4-11)9-12-2-5-15-8-13(12)14/h2,5,8,10-11,17H,3-4,6-7,9H2,1H3. The van der Waals surface area contributed by atoms with Crippen LogP contribution in [0.3, 0.4) is 0 Å². The van der Waals surface area contributed by atoms with Crippen LogP contribution >= 0.6 is 11.6 Å². The molecule has 1 N–H and O–H groups in total. The number of aliphatic hydroxyl groups is 1. The molecule has 2 rings (SSSR count). The predicted octanol–water partition coefficient (Wildman–Crippen LogP) is 2.33. The van der Waals surface area contributed by atoms with E-state index >= 15 is 0 Å². The summed E-state index contributed by atoms with van der Waals surface area (Å²) in [5.74, 6) is 0.458. The van der Waals surface area contributed by atoms with Gasteiger partial charge in [-0.3, -0.25) is 9.88 Å². The first-order valence-corrected chi connectivity index (χ1v) is 6.53. The topological polar surface area (TPSA) is 36.4 Å². The molecule has 1 aliphatic heterocycles. The van der Waals surface area contributed by atoms with Gasteiger partial charge in [0.2, 0.25) is 0 Å². The second kappa shape index (κ2) is 5.80. The Kier molecular flexibility index (Phi) is 4.37. The molecule has 1 unspecified atom stereocenters. The lowest BCUT2D eigenvalue weighted by Gasteiger charge is -2.33. The fourth-order valence-corrected chi connectivity index (χ4v) is 2.55. The summed E-state index contributed by atoms with van der Waals surface area (Å²) in [6.07, 6.45) is 5.44. The lowest BCUT2D eigenvalue weighted by Crippen LogP contribution is -2.36. The van der Waals surface area contributed by atoms with Gasteiger partial charge in [-0.1, -0.05) is 11.6 Å². The minimum Gasteiger partial charge on any atom is -0.393 e. The molecule has 0 bridgehead atoms. The molecule has 94 valence electrons. The molecule has 0 aliphatic carbocycles. The second-order valence-corrected chi connectivity index (χ2v) is 5.23. The molecule has 1 aliphatic rings. The van der Waals surface area contributed by atoms with Gasteiger partial charge in [0.15, 0.2) is 0 Å². The third kappa shape index (κ3) is 3.41. The van der Waals surface area contributed by atoms with Crippen molar-refractivity contribution in [3.8, 4) is 0 Å². The maximum atomic E-state index is 9.55. The minimum atomic E-state index is -0.179. The molecule has 0 saturated carbocycles. The summed E-state index contributed by atoms with van der Waals surface area (Å²) in [5.41, 5.74) is 1.14. The zero-order chi connectivity index (χ0) is 12.3. The fraction of sp³-hybridized carbons (Fsp3) is 0.615. The first-order valence-electron chi connectivity index (χ1n) is 6.15. The number of pyridine rings is 1. The maximum Gasteiger partial charge on any atom is 0.0634 e. The number of aromatic nitrogens is 1. The lowest BCUT2D eigenvalue weighted by atomic mass is 9.92. The van der Waals surface area contributed by atoms with Crippen LogP contribution in [-0.2, 0) is 6.54 Å². The number of aliphatic hydroxyl groups excluding tert-OH is 1. The van der Waals surface area contributed by atoms with E-state index in [0.717, 1.165) is 43.1 Å². The van der Waals surface area contributed by atoms with Crippen molar-refractivity contribution in [1.29, 1.82) is 0 Å². The highest BCUT2D eigenvalue weighted by atomic mass is 35.5. The van der Waals surface area contributed by atoms with Crippen LogP contribution in [0.2, 0.25) is 5.02 Å². The molecule has 1 aromatic rings. The highest BCUT2D eigenvalue weighted by molar-refractivity contribution is 6.31. The molecule has 0 radical (unpaired) electrons. The number of piperidine rings is 1. The van der Waals surface area contributed by atoms with E-state index in [1.54, 1.807) is 12.4 Å². The van der Waals surface area contributed by atoms with Crippen molar-refractivity contribution in [3.63, 3.8) is 0 Å². The number of likely N-dealkylation sites (tertiary alicyclic amines) is 1. The van der Waals surface area contributed by atoms with Crippen LogP contribution in [0.1, 0.15) is 25.3 Å². The van der Waals surface area contributed by atoms with Gasteiger partial charge in [0.05, 0.1) is 11.1 Å². The Morgan fingerprint density at radius 2 is 2.24 bits per heavy atom. The monoisotopic (exact) mass is 254 g/mol. The SMILES string of the molecule is CC(O)C1CCN(Cc2ccncc2Cl)CC1. The fourth-order valence-electron chi connectivity index (χ4n) is 2.37. The number of hydrogen-bond acceptors (Lipinski definition) is 3. The predicted molar refractivity (Wildman–Crippen MR) is 68.9 cm³/mol. The summed E-state index contributed by atoms with van der Waals surface area (Å²) in [6.45, 7) is 4.84. The number of halogens is 1. The van der Waals surface area contributed by atoms with Crippen LogP contribution < -0.4 is 0 Å². The van der Waals surface area contributed by atoms with Gasteiger partial charge in [-0.2, -0.15) is 0 Å². The molecule has 2 heterocycles. The molecule has 1 fully saturated rings. The average molecular weight is 255 g/mol. The highest BCUT2D eigenvalue weighted by Gasteiger charge is 2.22. The summed E-state index contributed by atoms with van der Waals surface area (Å²) in [4.78, 5) is 6.38. The van der Waals surface area contributed by atoms with Crippen molar-refractivity contribution in [2.45, 2.75) is 32.4 Å². The van der Waals surface area contributed by atoms with Crippen molar-refractivity contribution in [2.24, 2.45) is 5.92 Å². The molecular formula is C13H19ClN2O. The van der Waals surface area contributed by atoms with Crippen LogP contribution in [0.5, 0.6) is 0 Å². The van der Waals surface area contributed by atoms with Gasteiger partial charge >= 0.3 is 0 Å². The number of hydrogen-bond donors (Lipinski definition) is 1. The molecule has 0 spiro atoms. The molecule has 1 saturated heterocycles. The van der Waals surface area contributed by atoms with E-state index in [-0.39, 0.29) is 6.10 Å². The van der Waals surface area contributed by atoms with Crippen LogP contribution in [0.4, 0.5) is 0 Å². The molecule has 0 aromatic carbocycles. The van der Waals surface area contributed by atoms with Crippen molar-refractivity contribution < 1.29 is 5.11 Å². The van der Waals surface area contributed by atoms with Gasteiger partial charge in [0.25, 0.3) is 0 Å². The summed E-state index contributed by atoms with van der Waals surface area (Å²) in [7, 11) is 0. The van der Waals surface area contributed by atoms with Gasteiger partial charge in [0, 0.05) is 18.9 Å². The quantitative estimate of drug-likeness (QED) is 0.900. The van der Waals surface area contributed by atoms with E-state index in [4.69, 9.17) is 11.6 Å². The van der Waals surface area contributed by atoms with Gasteiger partial charge in [-0.25, -0.2) is 0 Å². The van der Waals surface area contributed by atoms with Gasteiger partial charge in [-0.05, 0) is 50.4 Å². The third-order valence-corrected chi connectivity index (χ3v) is 3.91. The molecular weight excluding hydrogens is 236 g/mol. The maximum absolute atomic E-state index is 9.55. The van der Waals surface area contributed by atoms with Crippen LogP contribution in [-0.4, -0.2) is 34.2 Å². The number of nitrogens with zero attached hydrogens (tertiary/aromatic N) is 2. The zero-order valence-corrected chi connectivity index (χ0v) is 10.9. The third-order valence-electron chi connectivity index (χ3n) is 3.56. The highest BCUT2D eigenvalue weighted by Crippen LogP contribution is 2.23. The first-order chi connectivity index (χ1) is 8.16. The van der Waals surface area contributed by atoms with E-state index in [0.29, 0.717) is 5.92 Å². The van der Waals surface area contributed by atoms with E-state index in [2.05, 4.69) is 9.88 Å². The summed E-state index contributed by atoms with van der Waals surface area (Å²) in [5, 5.41) is 10.3. The largest absolute Gasteiger partial charge is 0.393 e. The van der Waals surface area contributed by atoms with Gasteiger partial charge in [-0.15, -0.1) is 0 Å². The van der Waals surface area contributed by atoms with E-state index in [1.165, 1.54) is 0 Å². The Balaban J connectivity index is 1.88. The first kappa shape index (κ1) is 12.8. The molecule has 3 nitrogen and oxygen atoms in total. The smallest absolute Gasteiger partial charge is 0.0634 e. The Morgan fingerprint density at radius 1 is 1.53 bits per heavy atom. The normalized spacial score (nSPS) is 20.4. The Morgan fingerprint density at radius 3 is 2.82 bits per heavy atom. The molecule has 4 heteroatoms. The summed E-state index contributed by atoms with van der Waals surface area (Å²) >= 11 is 6.09. The molecule has 0 amide bonds. The van der Waals surface area contributed by atoms with Crippen molar-refractivity contribution in [1.82, 2.24) is 9.88 Å². The number of rotatable bonds is 3. The summed E-state index contributed by atoms with van der Waals surface area (Å²) < 4.78 is 0. The molecule has 1 aromatic heterocycles. The van der Waals surface area contributed by atoms with Crippen LogP contribution in [0.25, 0.3) is 0 Å². The second-order valence-electron chi connectivity index (χ2n) is 4.82. The van der Waals surface area contributed by atoms with E-state index < -0.39 is 0 Å². The van der Waals surface area contributed by atoms with Gasteiger partial charge in [0.1, 0.15) is 0 Å². The minimum absolute atomic E-state index is 0.179. The van der Waals surface area contributed by atoms with Crippen molar-refractivity contribution >= 4 is 11.6 Å². The van der Waals surface area contributed by atoms with E-state index in [9.17, 15) is 5.11 Å². The van der Waals surface area contributed by atoms with Crippen molar-refractivity contribution in [2.75, 3.05) is 13.1 Å². The van der Waals surface area contributed by atoms with Crippen LogP contribution in [0.15, 0.2) is 18.5 Å². The van der Waals surface area contributed by atoms with E-state index in [1.807, 2.05) is 13.0 Å². The van der Waals surface area contributed by atoms with Gasteiger partial charge < -0.3 is 5.11 Å². The Hall–Kier alpha value is -0.640. The Labute approximate surface area is 107 Å².